The van der Waals surface area contributed by atoms with Crippen molar-refractivity contribution in [3.63, 3.8) is 0 Å². The zero-order valence-corrected chi connectivity index (χ0v) is 15.3. The van der Waals surface area contributed by atoms with Crippen molar-refractivity contribution >= 4 is 5.91 Å². The van der Waals surface area contributed by atoms with Crippen molar-refractivity contribution in [1.29, 1.82) is 0 Å². The minimum absolute atomic E-state index is 0.0583. The van der Waals surface area contributed by atoms with Crippen molar-refractivity contribution in [1.82, 2.24) is 24.9 Å². The van der Waals surface area contributed by atoms with E-state index in [1.165, 1.54) is 6.42 Å². The molecule has 0 aliphatic carbocycles. The van der Waals surface area contributed by atoms with Crippen LogP contribution in [-0.4, -0.2) is 51.0 Å². The SMILES string of the molecule is CCc1c(C(=O)N2C[C@H](C)C[C@H](C)C2)cnn1-c1ccc(OC)nn1. The van der Waals surface area contributed by atoms with Gasteiger partial charge in [-0.15, -0.1) is 10.2 Å². The van der Waals surface area contributed by atoms with Crippen LogP contribution in [0, 0.1) is 11.8 Å². The number of piperidine rings is 1. The normalized spacial score (nSPS) is 20.6. The molecule has 25 heavy (non-hydrogen) atoms. The first kappa shape index (κ1) is 17.4. The molecule has 3 rings (SSSR count). The quantitative estimate of drug-likeness (QED) is 0.852. The first-order valence-electron chi connectivity index (χ1n) is 8.77. The van der Waals surface area contributed by atoms with Crippen LogP contribution in [0.15, 0.2) is 18.3 Å². The van der Waals surface area contributed by atoms with Crippen molar-refractivity contribution in [3.8, 4) is 11.7 Å². The van der Waals surface area contributed by atoms with Crippen LogP contribution in [0.2, 0.25) is 0 Å². The summed E-state index contributed by atoms with van der Waals surface area (Å²) in [5.74, 6) is 2.14. The van der Waals surface area contributed by atoms with Crippen LogP contribution in [0.5, 0.6) is 5.88 Å². The van der Waals surface area contributed by atoms with E-state index in [9.17, 15) is 4.79 Å². The Labute approximate surface area is 148 Å². The zero-order chi connectivity index (χ0) is 18.0. The van der Waals surface area contributed by atoms with Gasteiger partial charge in [-0.25, -0.2) is 4.68 Å². The molecule has 1 amide bonds. The minimum Gasteiger partial charge on any atom is -0.480 e. The number of likely N-dealkylation sites (tertiary alicyclic amines) is 1. The van der Waals surface area contributed by atoms with Crippen LogP contribution in [0.25, 0.3) is 5.82 Å². The topological polar surface area (TPSA) is 73.1 Å². The fourth-order valence-electron chi connectivity index (χ4n) is 3.62. The second-order valence-corrected chi connectivity index (χ2v) is 6.86. The molecule has 0 saturated carbocycles. The average molecular weight is 343 g/mol. The van der Waals surface area contributed by atoms with E-state index in [1.807, 2.05) is 11.8 Å². The fraction of sp³-hybridized carbons (Fsp3) is 0.556. The highest BCUT2D eigenvalue weighted by Crippen LogP contribution is 2.24. The maximum atomic E-state index is 13.0. The van der Waals surface area contributed by atoms with E-state index in [1.54, 1.807) is 30.1 Å². The minimum atomic E-state index is 0.0583. The number of ether oxygens (including phenoxy) is 1. The van der Waals surface area contributed by atoms with Crippen LogP contribution in [0.3, 0.4) is 0 Å². The second kappa shape index (κ2) is 7.21. The summed E-state index contributed by atoms with van der Waals surface area (Å²) < 4.78 is 6.73. The number of nitrogens with zero attached hydrogens (tertiary/aromatic N) is 5. The molecule has 134 valence electrons. The molecule has 0 spiro atoms. The van der Waals surface area contributed by atoms with Gasteiger partial charge < -0.3 is 9.64 Å². The van der Waals surface area contributed by atoms with Gasteiger partial charge in [0.1, 0.15) is 0 Å². The summed E-state index contributed by atoms with van der Waals surface area (Å²) in [5, 5.41) is 12.5. The maximum absolute atomic E-state index is 13.0. The summed E-state index contributed by atoms with van der Waals surface area (Å²) in [6.07, 6.45) is 3.51. The molecule has 0 radical (unpaired) electrons. The molecule has 0 aromatic carbocycles. The predicted octanol–water partition coefficient (Wildman–Crippen LogP) is 2.35. The lowest BCUT2D eigenvalue weighted by Gasteiger charge is -2.35. The summed E-state index contributed by atoms with van der Waals surface area (Å²) in [6, 6.07) is 3.52. The third-order valence-electron chi connectivity index (χ3n) is 4.64. The molecule has 1 saturated heterocycles. The van der Waals surface area contributed by atoms with E-state index in [0.29, 0.717) is 35.5 Å². The first-order valence-corrected chi connectivity index (χ1v) is 8.77. The molecule has 1 fully saturated rings. The second-order valence-electron chi connectivity index (χ2n) is 6.86. The lowest BCUT2D eigenvalue weighted by atomic mass is 9.91. The Hall–Kier alpha value is -2.44. The number of carbonyl (C=O) groups is 1. The van der Waals surface area contributed by atoms with Crippen LogP contribution in [0.1, 0.15) is 43.2 Å². The van der Waals surface area contributed by atoms with E-state index in [-0.39, 0.29) is 5.91 Å². The van der Waals surface area contributed by atoms with Crippen LogP contribution in [-0.2, 0) is 6.42 Å². The lowest BCUT2D eigenvalue weighted by Crippen LogP contribution is -2.42. The van der Waals surface area contributed by atoms with E-state index in [2.05, 4.69) is 29.1 Å². The molecule has 1 aliphatic rings. The predicted molar refractivity (Wildman–Crippen MR) is 93.9 cm³/mol. The molecule has 0 unspecified atom stereocenters. The number of amides is 1. The molecule has 0 N–H and O–H groups in total. The van der Waals surface area contributed by atoms with Crippen LogP contribution in [0.4, 0.5) is 0 Å². The summed E-state index contributed by atoms with van der Waals surface area (Å²) >= 11 is 0. The molecular formula is C18H25N5O2. The van der Waals surface area contributed by atoms with Crippen molar-refractivity contribution in [2.75, 3.05) is 20.2 Å². The first-order chi connectivity index (χ1) is 12.0. The number of methoxy groups -OCH3 is 1. The Morgan fingerprint density at radius 3 is 2.52 bits per heavy atom. The monoisotopic (exact) mass is 343 g/mol. The van der Waals surface area contributed by atoms with Crippen molar-refractivity contribution in [3.05, 3.63) is 29.6 Å². The summed E-state index contributed by atoms with van der Waals surface area (Å²) in [4.78, 5) is 15.0. The van der Waals surface area contributed by atoms with E-state index < -0.39 is 0 Å². The fourth-order valence-corrected chi connectivity index (χ4v) is 3.62. The zero-order valence-electron chi connectivity index (χ0n) is 15.3. The maximum Gasteiger partial charge on any atom is 0.257 e. The molecule has 3 heterocycles. The van der Waals surface area contributed by atoms with Crippen molar-refractivity contribution in [2.45, 2.75) is 33.6 Å². The van der Waals surface area contributed by atoms with Gasteiger partial charge in [-0.2, -0.15) is 5.10 Å². The number of carbonyl (C=O) groups excluding carboxylic acids is 1. The smallest absolute Gasteiger partial charge is 0.257 e. The molecule has 7 heteroatoms. The Bertz CT molecular complexity index is 730. The van der Waals surface area contributed by atoms with Crippen molar-refractivity contribution < 1.29 is 9.53 Å². The Morgan fingerprint density at radius 2 is 1.96 bits per heavy atom. The van der Waals surface area contributed by atoms with E-state index in [0.717, 1.165) is 18.8 Å². The van der Waals surface area contributed by atoms with Gasteiger partial charge in [-0.05, 0) is 30.7 Å². The Balaban J connectivity index is 1.89. The molecule has 2 aromatic heterocycles. The average Bonchev–Trinajstić information content (AvgIpc) is 3.04. The van der Waals surface area contributed by atoms with Gasteiger partial charge in [0, 0.05) is 19.2 Å². The number of hydrogen-bond acceptors (Lipinski definition) is 5. The third kappa shape index (κ3) is 3.50. The molecule has 2 atom stereocenters. The molecular weight excluding hydrogens is 318 g/mol. The number of rotatable bonds is 4. The van der Waals surface area contributed by atoms with Gasteiger partial charge in [0.25, 0.3) is 5.91 Å². The highest BCUT2D eigenvalue weighted by atomic mass is 16.5. The highest BCUT2D eigenvalue weighted by Gasteiger charge is 2.28. The highest BCUT2D eigenvalue weighted by molar-refractivity contribution is 5.95. The van der Waals surface area contributed by atoms with Gasteiger partial charge in [-0.3, -0.25) is 4.79 Å². The van der Waals surface area contributed by atoms with Crippen LogP contribution >= 0.6 is 0 Å². The third-order valence-corrected chi connectivity index (χ3v) is 4.64. The standard InChI is InChI=1S/C18H25N5O2/c1-5-15-14(18(24)22-10-12(2)8-13(3)11-22)9-19-23(15)16-6-7-17(25-4)21-20-16/h6-7,9,12-13H,5,8,10-11H2,1-4H3/t12-,13+. The number of hydrogen-bond donors (Lipinski definition) is 0. The van der Waals surface area contributed by atoms with Crippen molar-refractivity contribution in [2.24, 2.45) is 11.8 Å². The van der Waals surface area contributed by atoms with Crippen LogP contribution < -0.4 is 4.74 Å². The van der Waals surface area contributed by atoms with Gasteiger partial charge in [-0.1, -0.05) is 20.8 Å². The molecule has 0 bridgehead atoms. The summed E-state index contributed by atoms with van der Waals surface area (Å²) in [6.45, 7) is 8.03. The van der Waals surface area contributed by atoms with Gasteiger partial charge in [0.05, 0.1) is 24.6 Å². The lowest BCUT2D eigenvalue weighted by molar-refractivity contribution is 0.0622. The van der Waals surface area contributed by atoms with Gasteiger partial charge >= 0.3 is 0 Å². The van der Waals surface area contributed by atoms with Gasteiger partial charge in [0.2, 0.25) is 5.88 Å². The molecule has 2 aromatic rings. The summed E-state index contributed by atoms with van der Waals surface area (Å²) in [7, 11) is 1.55. The molecule has 7 nitrogen and oxygen atoms in total. The van der Waals surface area contributed by atoms with E-state index in [4.69, 9.17) is 4.74 Å². The Morgan fingerprint density at radius 1 is 1.24 bits per heavy atom. The largest absolute Gasteiger partial charge is 0.480 e. The summed E-state index contributed by atoms with van der Waals surface area (Å²) in [5.41, 5.74) is 1.51. The van der Waals surface area contributed by atoms with Gasteiger partial charge in [0.15, 0.2) is 5.82 Å². The molecule has 1 aliphatic heterocycles. The van der Waals surface area contributed by atoms with E-state index >= 15 is 0 Å². The number of aromatic nitrogens is 4. The Kier molecular flexibility index (Phi) is 5.01.